The van der Waals surface area contributed by atoms with E-state index in [0.29, 0.717) is 31.1 Å². The third kappa shape index (κ3) is 6.61. The quantitative estimate of drug-likeness (QED) is 0.372. The number of fused-ring (bicyclic) bond motifs is 1. The van der Waals surface area contributed by atoms with E-state index >= 15 is 0 Å². The fraction of sp³-hybridized carbons (Fsp3) is 0.414. The van der Waals surface area contributed by atoms with Gasteiger partial charge in [0, 0.05) is 57.6 Å². The molecule has 7 nitrogen and oxygen atoms in total. The Morgan fingerprint density at radius 1 is 1.03 bits per heavy atom. The molecule has 3 aromatic rings. The molecule has 1 aliphatic heterocycles. The van der Waals surface area contributed by atoms with E-state index in [-0.39, 0.29) is 5.91 Å². The van der Waals surface area contributed by atoms with E-state index in [1.807, 2.05) is 36.2 Å². The number of benzene rings is 2. The second kappa shape index (κ2) is 12.5. The maximum atomic E-state index is 13.4. The lowest BCUT2D eigenvalue weighted by atomic mass is 10.1. The second-order valence-corrected chi connectivity index (χ2v) is 9.39. The van der Waals surface area contributed by atoms with Gasteiger partial charge in [0.15, 0.2) is 0 Å². The highest BCUT2D eigenvalue weighted by Crippen LogP contribution is 2.28. The summed E-state index contributed by atoms with van der Waals surface area (Å²) in [6, 6.07) is 18.4. The Hall–Kier alpha value is -3.45. The van der Waals surface area contributed by atoms with Crippen molar-refractivity contribution in [1.82, 2.24) is 14.9 Å². The van der Waals surface area contributed by atoms with Crippen molar-refractivity contribution in [3.05, 3.63) is 77.7 Å². The molecule has 1 aliphatic rings. The van der Waals surface area contributed by atoms with Crippen molar-refractivity contribution in [3.63, 3.8) is 0 Å². The van der Waals surface area contributed by atoms with Gasteiger partial charge in [0.25, 0.3) is 5.91 Å². The summed E-state index contributed by atoms with van der Waals surface area (Å²) in [7, 11) is 4.13. The van der Waals surface area contributed by atoms with Gasteiger partial charge in [-0.05, 0) is 44.0 Å². The predicted octanol–water partition coefficient (Wildman–Crippen LogP) is 4.47. The Morgan fingerprint density at radius 2 is 1.86 bits per heavy atom. The van der Waals surface area contributed by atoms with Crippen LogP contribution in [0.2, 0.25) is 0 Å². The molecule has 2 heterocycles. The van der Waals surface area contributed by atoms with Gasteiger partial charge < -0.3 is 19.4 Å². The van der Waals surface area contributed by atoms with Crippen LogP contribution in [0.15, 0.2) is 60.8 Å². The summed E-state index contributed by atoms with van der Waals surface area (Å²) in [6.45, 7) is 6.00. The maximum absolute atomic E-state index is 13.4. The third-order valence-electron chi connectivity index (χ3n) is 6.50. The van der Waals surface area contributed by atoms with Gasteiger partial charge in [0.2, 0.25) is 0 Å². The van der Waals surface area contributed by atoms with E-state index in [1.54, 1.807) is 11.1 Å². The van der Waals surface area contributed by atoms with Crippen LogP contribution in [-0.4, -0.2) is 67.7 Å². The van der Waals surface area contributed by atoms with Gasteiger partial charge in [-0.2, -0.15) is 0 Å². The molecule has 7 heteroatoms. The zero-order valence-electron chi connectivity index (χ0n) is 21.7. The van der Waals surface area contributed by atoms with Gasteiger partial charge in [-0.25, -0.2) is 9.97 Å². The molecule has 4 rings (SSSR count). The molecule has 0 saturated heterocycles. The fourth-order valence-electron chi connectivity index (χ4n) is 4.39. The molecule has 0 N–H and O–H groups in total. The van der Waals surface area contributed by atoms with Crippen molar-refractivity contribution in [2.75, 3.05) is 56.7 Å². The van der Waals surface area contributed by atoms with Crippen LogP contribution in [0.3, 0.4) is 0 Å². The molecule has 1 amide bonds. The number of likely N-dealkylation sites (N-methyl/N-ethyl adjacent to an activating group) is 2. The van der Waals surface area contributed by atoms with Crippen molar-refractivity contribution in [2.24, 2.45) is 0 Å². The number of aryl methyl sites for hydroxylation is 1. The number of ether oxygens (including phenoxy) is 1. The first-order valence-corrected chi connectivity index (χ1v) is 12.9. The van der Waals surface area contributed by atoms with Crippen molar-refractivity contribution < 1.29 is 9.53 Å². The van der Waals surface area contributed by atoms with Crippen LogP contribution in [0, 0.1) is 0 Å². The van der Waals surface area contributed by atoms with Gasteiger partial charge >= 0.3 is 0 Å². The van der Waals surface area contributed by atoms with Crippen LogP contribution in [-0.2, 0) is 12.8 Å². The smallest absolute Gasteiger partial charge is 0.263 e. The SMILES string of the molecule is CCCc1ncc2c(n1)N(C)CCN(c1cccc(OCCCN(C)CCc3ccccc3)c1)C2=O. The van der Waals surface area contributed by atoms with E-state index in [9.17, 15) is 4.79 Å². The van der Waals surface area contributed by atoms with Gasteiger partial charge in [0.05, 0.1) is 6.61 Å². The minimum absolute atomic E-state index is 0.0745. The van der Waals surface area contributed by atoms with Crippen molar-refractivity contribution >= 4 is 17.4 Å². The van der Waals surface area contributed by atoms with Crippen LogP contribution in [0.1, 0.15) is 41.5 Å². The predicted molar refractivity (Wildman–Crippen MR) is 145 cm³/mol. The van der Waals surface area contributed by atoms with Crippen molar-refractivity contribution in [1.29, 1.82) is 0 Å². The average Bonchev–Trinajstić information content (AvgIpc) is 3.02. The van der Waals surface area contributed by atoms with Crippen LogP contribution in [0.4, 0.5) is 11.5 Å². The number of aromatic nitrogens is 2. The first-order valence-electron chi connectivity index (χ1n) is 12.9. The fourth-order valence-corrected chi connectivity index (χ4v) is 4.39. The van der Waals surface area contributed by atoms with Crippen LogP contribution < -0.4 is 14.5 Å². The lowest BCUT2D eigenvalue weighted by Crippen LogP contribution is -2.33. The van der Waals surface area contributed by atoms with E-state index in [1.165, 1.54) is 5.56 Å². The molecule has 190 valence electrons. The van der Waals surface area contributed by atoms with Crippen molar-refractivity contribution in [2.45, 2.75) is 32.6 Å². The minimum atomic E-state index is -0.0745. The normalized spacial score (nSPS) is 13.6. The number of nitrogens with zero attached hydrogens (tertiary/aromatic N) is 5. The van der Waals surface area contributed by atoms with Crippen LogP contribution in [0.25, 0.3) is 0 Å². The average molecular weight is 488 g/mol. The Labute approximate surface area is 214 Å². The first-order chi connectivity index (χ1) is 17.5. The zero-order valence-corrected chi connectivity index (χ0v) is 21.7. The van der Waals surface area contributed by atoms with Crippen molar-refractivity contribution in [3.8, 4) is 5.75 Å². The number of rotatable bonds is 11. The zero-order chi connectivity index (χ0) is 25.3. The molecule has 0 aliphatic carbocycles. The molecule has 0 radical (unpaired) electrons. The third-order valence-corrected chi connectivity index (χ3v) is 6.50. The molecule has 0 atom stereocenters. The standard InChI is InChI=1S/C29H37N5O2/c1-4-10-27-30-22-26-28(31-27)33(3)18-19-34(29(26)35)24-13-8-14-25(21-24)36-20-9-16-32(2)17-15-23-11-6-5-7-12-23/h5-8,11-14,21-22H,4,9-10,15-20H2,1-3H3. The topological polar surface area (TPSA) is 61.8 Å². The van der Waals surface area contributed by atoms with Gasteiger partial charge in [-0.3, -0.25) is 4.79 Å². The number of amides is 1. The van der Waals surface area contributed by atoms with Gasteiger partial charge in [-0.1, -0.05) is 43.3 Å². The van der Waals surface area contributed by atoms with Crippen LogP contribution in [0.5, 0.6) is 5.75 Å². The molecule has 2 aromatic carbocycles. The summed E-state index contributed by atoms with van der Waals surface area (Å²) in [6.07, 6.45) is 5.45. The molecule has 0 saturated carbocycles. The summed E-state index contributed by atoms with van der Waals surface area (Å²) in [5.41, 5.74) is 2.73. The second-order valence-electron chi connectivity index (χ2n) is 9.39. The lowest BCUT2D eigenvalue weighted by Gasteiger charge is -2.22. The molecular formula is C29H37N5O2. The number of carbonyl (C=O) groups excluding carboxylic acids is 1. The molecule has 0 unspecified atom stereocenters. The highest BCUT2D eigenvalue weighted by Gasteiger charge is 2.28. The lowest BCUT2D eigenvalue weighted by molar-refractivity contribution is 0.0989. The molecule has 36 heavy (non-hydrogen) atoms. The Kier molecular flexibility index (Phi) is 8.90. The Bertz CT molecular complexity index is 1140. The van der Waals surface area contributed by atoms with E-state index in [4.69, 9.17) is 4.74 Å². The van der Waals surface area contributed by atoms with E-state index in [0.717, 1.165) is 56.0 Å². The molecule has 0 fully saturated rings. The molecule has 1 aromatic heterocycles. The van der Waals surface area contributed by atoms with Crippen LogP contribution >= 0.6 is 0 Å². The highest BCUT2D eigenvalue weighted by atomic mass is 16.5. The van der Waals surface area contributed by atoms with Gasteiger partial charge in [0.1, 0.15) is 23.0 Å². The molecule has 0 spiro atoms. The number of carbonyl (C=O) groups is 1. The largest absolute Gasteiger partial charge is 0.493 e. The Balaban J connectivity index is 1.33. The summed E-state index contributed by atoms with van der Waals surface area (Å²) < 4.78 is 6.05. The van der Waals surface area contributed by atoms with E-state index in [2.05, 4.69) is 59.2 Å². The first kappa shape index (κ1) is 25.6. The maximum Gasteiger partial charge on any atom is 0.263 e. The summed E-state index contributed by atoms with van der Waals surface area (Å²) >= 11 is 0. The number of anilines is 2. The molecular weight excluding hydrogens is 450 g/mol. The molecule has 0 bridgehead atoms. The van der Waals surface area contributed by atoms with Gasteiger partial charge in [-0.15, -0.1) is 0 Å². The Morgan fingerprint density at radius 3 is 2.67 bits per heavy atom. The monoisotopic (exact) mass is 487 g/mol. The number of hydrogen-bond acceptors (Lipinski definition) is 6. The summed E-state index contributed by atoms with van der Waals surface area (Å²) in [5.74, 6) is 2.20. The summed E-state index contributed by atoms with van der Waals surface area (Å²) in [4.78, 5) is 28.7. The van der Waals surface area contributed by atoms with E-state index < -0.39 is 0 Å². The summed E-state index contributed by atoms with van der Waals surface area (Å²) in [5, 5.41) is 0. The number of hydrogen-bond donors (Lipinski definition) is 0. The minimum Gasteiger partial charge on any atom is -0.493 e. The highest BCUT2D eigenvalue weighted by molar-refractivity contribution is 6.09.